The van der Waals surface area contributed by atoms with Gasteiger partial charge >= 0.3 is 5.97 Å². The van der Waals surface area contributed by atoms with Crippen LogP contribution in [0, 0.1) is 5.92 Å². The Balaban J connectivity index is 1.72. The van der Waals surface area contributed by atoms with Gasteiger partial charge in [0.25, 0.3) is 0 Å². The lowest BCUT2D eigenvalue weighted by molar-refractivity contribution is -0.141. The number of carboxylic acids is 1. The molecule has 1 fully saturated rings. The van der Waals surface area contributed by atoms with Gasteiger partial charge < -0.3 is 15.2 Å². The Bertz CT molecular complexity index is 517. The summed E-state index contributed by atoms with van der Waals surface area (Å²) in [5.41, 5.74) is 0.961. The summed E-state index contributed by atoms with van der Waals surface area (Å²) >= 11 is 0. The Kier molecular flexibility index (Phi) is 6.59. The van der Waals surface area contributed by atoms with Crippen LogP contribution >= 0.6 is 0 Å². The van der Waals surface area contributed by atoms with Crippen molar-refractivity contribution in [2.24, 2.45) is 5.92 Å². The van der Waals surface area contributed by atoms with Gasteiger partial charge in [-0.2, -0.15) is 0 Å². The zero-order valence-corrected chi connectivity index (χ0v) is 13.5. The molecular weight excluding hydrogens is 294 g/mol. The molecule has 0 bridgehead atoms. The van der Waals surface area contributed by atoms with Crippen molar-refractivity contribution in [1.29, 1.82) is 0 Å². The van der Waals surface area contributed by atoms with E-state index in [1.54, 1.807) is 0 Å². The van der Waals surface area contributed by atoms with Crippen molar-refractivity contribution in [1.82, 2.24) is 5.32 Å². The SMILES string of the molecule is CC1CCC(CCC(=O)NCC(Cc2ccccc2)C(=O)O)O1. The Morgan fingerprint density at radius 3 is 2.65 bits per heavy atom. The summed E-state index contributed by atoms with van der Waals surface area (Å²) in [5, 5.41) is 12.1. The maximum Gasteiger partial charge on any atom is 0.308 e. The van der Waals surface area contributed by atoms with Crippen molar-refractivity contribution in [3.63, 3.8) is 0 Å². The molecule has 0 spiro atoms. The Hall–Kier alpha value is -1.88. The van der Waals surface area contributed by atoms with Crippen LogP contribution < -0.4 is 5.32 Å². The zero-order valence-electron chi connectivity index (χ0n) is 13.5. The number of hydrogen-bond donors (Lipinski definition) is 2. The number of nitrogens with one attached hydrogen (secondary N) is 1. The van der Waals surface area contributed by atoms with E-state index in [9.17, 15) is 14.7 Å². The van der Waals surface area contributed by atoms with Crippen molar-refractivity contribution in [2.45, 2.75) is 51.2 Å². The number of carbonyl (C=O) groups is 2. The average molecular weight is 319 g/mol. The van der Waals surface area contributed by atoms with Gasteiger partial charge in [0.05, 0.1) is 18.1 Å². The highest BCUT2D eigenvalue weighted by Gasteiger charge is 2.23. The van der Waals surface area contributed by atoms with Gasteiger partial charge in [-0.15, -0.1) is 0 Å². The first-order valence-corrected chi connectivity index (χ1v) is 8.23. The molecule has 3 unspecified atom stereocenters. The summed E-state index contributed by atoms with van der Waals surface area (Å²) in [4.78, 5) is 23.2. The number of aliphatic carboxylic acids is 1. The van der Waals surface area contributed by atoms with Gasteiger partial charge in [0, 0.05) is 13.0 Å². The third-order valence-electron chi connectivity index (χ3n) is 4.23. The first-order valence-electron chi connectivity index (χ1n) is 8.23. The monoisotopic (exact) mass is 319 g/mol. The van der Waals surface area contributed by atoms with Crippen LogP contribution in [0.5, 0.6) is 0 Å². The minimum absolute atomic E-state index is 0.104. The van der Waals surface area contributed by atoms with Crippen molar-refractivity contribution in [2.75, 3.05) is 6.54 Å². The van der Waals surface area contributed by atoms with Crippen LogP contribution in [0.3, 0.4) is 0 Å². The predicted octanol–water partition coefficient (Wildman–Crippen LogP) is 2.39. The number of amides is 1. The van der Waals surface area contributed by atoms with E-state index in [1.165, 1.54) is 0 Å². The van der Waals surface area contributed by atoms with E-state index in [2.05, 4.69) is 5.32 Å². The lowest BCUT2D eigenvalue weighted by Crippen LogP contribution is -2.34. The molecule has 1 saturated heterocycles. The molecule has 0 saturated carbocycles. The Morgan fingerprint density at radius 2 is 2.04 bits per heavy atom. The van der Waals surface area contributed by atoms with E-state index in [0.29, 0.717) is 19.3 Å². The van der Waals surface area contributed by atoms with Crippen LogP contribution in [-0.4, -0.2) is 35.7 Å². The standard InChI is InChI=1S/C18H25NO4/c1-13-7-8-16(23-13)9-10-17(20)19-12-15(18(21)22)11-14-5-3-2-4-6-14/h2-6,13,15-16H,7-12H2,1H3,(H,19,20)(H,21,22). The summed E-state index contributed by atoms with van der Waals surface area (Å²) < 4.78 is 5.68. The lowest BCUT2D eigenvalue weighted by Gasteiger charge is -2.14. The van der Waals surface area contributed by atoms with Gasteiger partial charge in [0.1, 0.15) is 0 Å². The minimum atomic E-state index is -0.887. The molecule has 1 aromatic carbocycles. The molecule has 1 heterocycles. The first kappa shape index (κ1) is 17.5. The van der Waals surface area contributed by atoms with Crippen molar-refractivity contribution in [3.8, 4) is 0 Å². The summed E-state index contributed by atoms with van der Waals surface area (Å²) in [5.74, 6) is -1.60. The van der Waals surface area contributed by atoms with E-state index >= 15 is 0 Å². The summed E-state index contributed by atoms with van der Waals surface area (Å²) in [6, 6.07) is 9.46. The third-order valence-corrected chi connectivity index (χ3v) is 4.23. The summed E-state index contributed by atoms with van der Waals surface area (Å²) in [6.45, 7) is 2.20. The number of carboxylic acid groups (broad SMARTS) is 1. The highest BCUT2D eigenvalue weighted by Crippen LogP contribution is 2.22. The number of benzene rings is 1. The van der Waals surface area contributed by atoms with Crippen LogP contribution in [0.2, 0.25) is 0 Å². The average Bonchev–Trinajstić information content (AvgIpc) is 2.95. The molecule has 0 aromatic heterocycles. The normalized spacial score (nSPS) is 21.8. The fourth-order valence-electron chi connectivity index (χ4n) is 2.86. The number of rotatable bonds is 8. The first-order chi connectivity index (χ1) is 11.0. The van der Waals surface area contributed by atoms with E-state index in [-0.39, 0.29) is 24.7 Å². The van der Waals surface area contributed by atoms with Crippen molar-refractivity contribution >= 4 is 11.9 Å². The fraction of sp³-hybridized carbons (Fsp3) is 0.556. The summed E-state index contributed by atoms with van der Waals surface area (Å²) in [7, 11) is 0. The molecule has 23 heavy (non-hydrogen) atoms. The maximum absolute atomic E-state index is 11.9. The van der Waals surface area contributed by atoms with E-state index in [1.807, 2.05) is 37.3 Å². The third kappa shape index (κ3) is 6.02. The molecular formula is C18H25NO4. The highest BCUT2D eigenvalue weighted by atomic mass is 16.5. The van der Waals surface area contributed by atoms with Crippen LogP contribution in [0.1, 0.15) is 38.2 Å². The predicted molar refractivity (Wildman–Crippen MR) is 87.1 cm³/mol. The Morgan fingerprint density at radius 1 is 1.30 bits per heavy atom. The van der Waals surface area contributed by atoms with Crippen LogP contribution in [0.25, 0.3) is 0 Å². The molecule has 5 nitrogen and oxygen atoms in total. The molecule has 5 heteroatoms. The molecule has 0 radical (unpaired) electrons. The second-order valence-corrected chi connectivity index (χ2v) is 6.21. The largest absolute Gasteiger partial charge is 0.481 e. The fourth-order valence-corrected chi connectivity index (χ4v) is 2.86. The van der Waals surface area contributed by atoms with Crippen LogP contribution in [0.15, 0.2) is 30.3 Å². The lowest BCUT2D eigenvalue weighted by atomic mass is 9.99. The van der Waals surface area contributed by atoms with E-state index in [4.69, 9.17) is 4.74 Å². The van der Waals surface area contributed by atoms with E-state index in [0.717, 1.165) is 18.4 Å². The topological polar surface area (TPSA) is 75.6 Å². The van der Waals surface area contributed by atoms with E-state index < -0.39 is 11.9 Å². The molecule has 1 aliphatic heterocycles. The zero-order chi connectivity index (χ0) is 16.7. The molecule has 0 aliphatic carbocycles. The van der Waals surface area contributed by atoms with Gasteiger partial charge in [-0.25, -0.2) is 0 Å². The maximum atomic E-state index is 11.9. The van der Waals surface area contributed by atoms with Gasteiger partial charge in [-0.05, 0) is 38.2 Å². The molecule has 1 amide bonds. The highest BCUT2D eigenvalue weighted by molar-refractivity contribution is 5.77. The number of ether oxygens (including phenoxy) is 1. The minimum Gasteiger partial charge on any atom is -0.481 e. The quantitative estimate of drug-likeness (QED) is 0.771. The molecule has 2 N–H and O–H groups in total. The van der Waals surface area contributed by atoms with Crippen LogP contribution in [-0.2, 0) is 20.7 Å². The van der Waals surface area contributed by atoms with Crippen LogP contribution in [0.4, 0.5) is 0 Å². The van der Waals surface area contributed by atoms with Gasteiger partial charge in [0.15, 0.2) is 0 Å². The number of carbonyl (C=O) groups excluding carboxylic acids is 1. The molecule has 1 aromatic rings. The van der Waals surface area contributed by atoms with Crippen molar-refractivity contribution in [3.05, 3.63) is 35.9 Å². The second-order valence-electron chi connectivity index (χ2n) is 6.21. The second kappa shape index (κ2) is 8.67. The Labute approximate surface area is 137 Å². The molecule has 126 valence electrons. The summed E-state index contributed by atoms with van der Waals surface area (Å²) in [6.07, 6.45) is 3.99. The van der Waals surface area contributed by atoms with Crippen molar-refractivity contribution < 1.29 is 19.4 Å². The number of hydrogen-bond acceptors (Lipinski definition) is 3. The molecule has 3 atom stereocenters. The van der Waals surface area contributed by atoms with Gasteiger partial charge in [0.2, 0.25) is 5.91 Å². The molecule has 2 rings (SSSR count). The van der Waals surface area contributed by atoms with Gasteiger partial charge in [-0.1, -0.05) is 30.3 Å². The smallest absolute Gasteiger partial charge is 0.308 e. The van der Waals surface area contributed by atoms with Gasteiger partial charge in [-0.3, -0.25) is 9.59 Å². The molecule has 1 aliphatic rings.